The molecular formula is C23H21N5O5. The second kappa shape index (κ2) is 8.95. The number of nitrogens with zero attached hydrogens (tertiary/aromatic N) is 3. The molecule has 168 valence electrons. The third-order valence-corrected chi connectivity index (χ3v) is 5.19. The Hall–Kier alpha value is -4.47. The third-order valence-electron chi connectivity index (χ3n) is 5.19. The van der Waals surface area contributed by atoms with Gasteiger partial charge >= 0.3 is 5.97 Å². The summed E-state index contributed by atoms with van der Waals surface area (Å²) in [6, 6.07) is 12.1. The lowest BCUT2D eigenvalue weighted by Gasteiger charge is -2.03. The molecule has 33 heavy (non-hydrogen) atoms. The Bertz CT molecular complexity index is 1370. The van der Waals surface area contributed by atoms with E-state index in [1.165, 1.54) is 10.7 Å². The van der Waals surface area contributed by atoms with Gasteiger partial charge in [0.15, 0.2) is 5.69 Å². The number of carbonyl (C=O) groups excluding carboxylic acids is 1. The van der Waals surface area contributed by atoms with Gasteiger partial charge in [-0.3, -0.25) is 24.2 Å². The Morgan fingerprint density at radius 1 is 1.12 bits per heavy atom. The maximum Gasteiger partial charge on any atom is 0.303 e. The minimum Gasteiger partial charge on any atom is -0.505 e. The number of hydrogen-bond acceptors (Lipinski definition) is 6. The summed E-state index contributed by atoms with van der Waals surface area (Å²) in [7, 11) is 0. The second-order valence-corrected chi connectivity index (χ2v) is 7.51. The van der Waals surface area contributed by atoms with Crippen LogP contribution in [0.5, 0.6) is 5.75 Å². The van der Waals surface area contributed by atoms with E-state index in [1.54, 1.807) is 31.2 Å². The van der Waals surface area contributed by atoms with Gasteiger partial charge in [0.25, 0.3) is 11.5 Å². The lowest BCUT2D eigenvalue weighted by atomic mass is 10.0. The average molecular weight is 447 g/mol. The van der Waals surface area contributed by atoms with E-state index in [4.69, 9.17) is 5.11 Å². The van der Waals surface area contributed by atoms with E-state index in [9.17, 15) is 19.5 Å². The molecule has 0 radical (unpaired) electrons. The molecule has 2 aromatic carbocycles. The van der Waals surface area contributed by atoms with Crippen LogP contribution in [0.2, 0.25) is 0 Å². The smallest absolute Gasteiger partial charge is 0.303 e. The summed E-state index contributed by atoms with van der Waals surface area (Å²) in [6.45, 7) is 1.86. The van der Waals surface area contributed by atoms with E-state index in [1.807, 2.05) is 18.2 Å². The lowest BCUT2D eigenvalue weighted by Crippen LogP contribution is -2.17. The number of H-pyrrole nitrogens is 1. The summed E-state index contributed by atoms with van der Waals surface area (Å²) in [6.07, 6.45) is 1.81. The number of carbonyl (C=O) groups is 2. The van der Waals surface area contributed by atoms with Gasteiger partial charge in [0.05, 0.1) is 5.69 Å². The number of aromatic hydroxyl groups is 1. The summed E-state index contributed by atoms with van der Waals surface area (Å²) in [5.74, 6) is -1.38. The normalized spacial score (nSPS) is 14.1. The van der Waals surface area contributed by atoms with Gasteiger partial charge in [-0.25, -0.2) is 0 Å². The number of hydrogen-bond donors (Lipinski definition) is 4. The molecule has 0 aliphatic carbocycles. The van der Waals surface area contributed by atoms with Crippen molar-refractivity contribution in [2.45, 2.75) is 26.3 Å². The summed E-state index contributed by atoms with van der Waals surface area (Å²) in [5, 5.41) is 33.1. The molecule has 10 nitrogen and oxygen atoms in total. The molecule has 0 saturated heterocycles. The fourth-order valence-electron chi connectivity index (χ4n) is 3.55. The molecule has 1 aliphatic heterocycles. The second-order valence-electron chi connectivity index (χ2n) is 7.51. The van der Waals surface area contributed by atoms with Crippen LogP contribution in [0.1, 0.15) is 29.7 Å². The van der Waals surface area contributed by atoms with Crippen molar-refractivity contribution in [1.82, 2.24) is 9.78 Å². The van der Waals surface area contributed by atoms with Crippen molar-refractivity contribution in [3.05, 3.63) is 69.6 Å². The maximum absolute atomic E-state index is 12.5. The van der Waals surface area contributed by atoms with Gasteiger partial charge in [-0.15, -0.1) is 10.2 Å². The number of para-hydroxylation sites is 2. The Morgan fingerprint density at radius 3 is 2.70 bits per heavy atom. The largest absolute Gasteiger partial charge is 0.505 e. The number of rotatable bonds is 7. The molecule has 1 aliphatic rings. The van der Waals surface area contributed by atoms with Crippen LogP contribution in [0, 0.1) is 6.92 Å². The fraction of sp³-hybridized carbons (Fsp3) is 0.174. The molecule has 1 amide bonds. The number of amides is 1. The highest BCUT2D eigenvalue weighted by Crippen LogP contribution is 2.37. The number of fused-ring (bicyclic) bond motifs is 1. The van der Waals surface area contributed by atoms with Crippen molar-refractivity contribution in [2.24, 2.45) is 10.2 Å². The predicted molar refractivity (Wildman–Crippen MR) is 122 cm³/mol. The van der Waals surface area contributed by atoms with E-state index in [-0.39, 0.29) is 36.0 Å². The van der Waals surface area contributed by atoms with Crippen LogP contribution >= 0.6 is 0 Å². The standard InChI is InChI=1S/C23H21N5O5/c1-13-20(23(33)28(27-13)11-5-10-19(29)30)26-25-18-9-4-6-14(21(18)31)12-16-15-7-2-3-8-17(15)24-22(16)32/h2-4,6-9,12,27,31H,5,10-11H2,1H3,(H,24,32)(H,29,30)/b16-12+,26-25?. The number of nitrogens with one attached hydrogen (secondary N) is 2. The number of anilines is 1. The molecule has 1 aromatic heterocycles. The summed E-state index contributed by atoms with van der Waals surface area (Å²) in [4.78, 5) is 35.6. The molecule has 0 fully saturated rings. The van der Waals surface area contributed by atoms with E-state index < -0.39 is 11.5 Å². The van der Waals surface area contributed by atoms with Crippen molar-refractivity contribution >= 4 is 40.6 Å². The monoisotopic (exact) mass is 447 g/mol. The number of azo groups is 1. The Labute approximate surface area is 187 Å². The molecule has 4 rings (SSSR count). The summed E-state index contributed by atoms with van der Waals surface area (Å²) >= 11 is 0. The van der Waals surface area contributed by atoms with Crippen LogP contribution in [0.4, 0.5) is 17.1 Å². The molecule has 0 bridgehead atoms. The van der Waals surface area contributed by atoms with Crippen LogP contribution in [0.25, 0.3) is 11.6 Å². The van der Waals surface area contributed by atoms with Crippen molar-refractivity contribution in [3.8, 4) is 5.75 Å². The highest BCUT2D eigenvalue weighted by Gasteiger charge is 2.24. The van der Waals surface area contributed by atoms with Crippen molar-refractivity contribution in [1.29, 1.82) is 0 Å². The molecule has 3 aromatic rings. The molecule has 0 saturated carbocycles. The number of aromatic nitrogens is 2. The zero-order valence-corrected chi connectivity index (χ0v) is 17.7. The number of phenols is 1. The van der Waals surface area contributed by atoms with E-state index in [0.29, 0.717) is 28.9 Å². The zero-order valence-electron chi connectivity index (χ0n) is 17.7. The van der Waals surface area contributed by atoms with Crippen LogP contribution in [-0.4, -0.2) is 31.9 Å². The number of carboxylic acid groups (broad SMARTS) is 1. The highest BCUT2D eigenvalue weighted by atomic mass is 16.4. The maximum atomic E-state index is 12.5. The number of aryl methyl sites for hydroxylation is 2. The molecule has 0 atom stereocenters. The fourth-order valence-corrected chi connectivity index (χ4v) is 3.55. The SMILES string of the molecule is Cc1[nH]n(CCCC(=O)O)c(=O)c1N=Nc1cccc(/C=C2/C(=O)Nc3ccccc32)c1O. The van der Waals surface area contributed by atoms with Crippen LogP contribution in [0.15, 0.2) is 57.5 Å². The predicted octanol–water partition coefficient (Wildman–Crippen LogP) is 3.96. The minimum absolute atomic E-state index is 0.0555. The summed E-state index contributed by atoms with van der Waals surface area (Å²) < 4.78 is 1.28. The molecular weight excluding hydrogens is 426 g/mol. The number of aromatic amines is 1. The Morgan fingerprint density at radius 2 is 1.91 bits per heavy atom. The highest BCUT2D eigenvalue weighted by molar-refractivity contribution is 6.35. The van der Waals surface area contributed by atoms with E-state index in [2.05, 4.69) is 20.6 Å². The minimum atomic E-state index is -0.935. The Balaban J connectivity index is 1.61. The molecule has 0 unspecified atom stereocenters. The van der Waals surface area contributed by atoms with Crippen LogP contribution in [-0.2, 0) is 16.1 Å². The van der Waals surface area contributed by atoms with Crippen molar-refractivity contribution in [2.75, 3.05) is 5.32 Å². The topological polar surface area (TPSA) is 149 Å². The van der Waals surface area contributed by atoms with Crippen LogP contribution in [0.3, 0.4) is 0 Å². The average Bonchev–Trinajstić information content (AvgIpc) is 3.23. The first-order chi connectivity index (χ1) is 15.8. The van der Waals surface area contributed by atoms with E-state index in [0.717, 1.165) is 5.56 Å². The van der Waals surface area contributed by atoms with Gasteiger partial charge < -0.3 is 15.5 Å². The first-order valence-corrected chi connectivity index (χ1v) is 10.2. The first-order valence-electron chi connectivity index (χ1n) is 10.2. The number of aliphatic carboxylic acids is 1. The van der Waals surface area contributed by atoms with Gasteiger partial charge in [0.1, 0.15) is 11.4 Å². The van der Waals surface area contributed by atoms with Gasteiger partial charge in [-0.1, -0.05) is 30.3 Å². The zero-order chi connectivity index (χ0) is 23.5. The molecule has 4 N–H and O–H groups in total. The molecule has 10 heteroatoms. The van der Waals surface area contributed by atoms with Gasteiger partial charge in [-0.05, 0) is 31.6 Å². The third kappa shape index (κ3) is 4.45. The number of carboxylic acids is 1. The van der Waals surface area contributed by atoms with Crippen LogP contribution < -0.4 is 10.9 Å². The molecule has 2 heterocycles. The number of phenolic OH excluding ortho intramolecular Hbond substituents is 1. The quantitative estimate of drug-likeness (QED) is 0.319. The van der Waals surface area contributed by atoms with Gasteiger partial charge in [0.2, 0.25) is 0 Å². The van der Waals surface area contributed by atoms with E-state index >= 15 is 0 Å². The lowest BCUT2D eigenvalue weighted by molar-refractivity contribution is -0.137. The Kier molecular flexibility index (Phi) is 5.90. The number of benzene rings is 2. The first kappa shape index (κ1) is 21.8. The molecule has 0 spiro atoms. The van der Waals surface area contributed by atoms with Crippen molar-refractivity contribution in [3.63, 3.8) is 0 Å². The van der Waals surface area contributed by atoms with Crippen molar-refractivity contribution < 1.29 is 19.8 Å². The summed E-state index contributed by atoms with van der Waals surface area (Å²) in [5.41, 5.74) is 2.47. The van der Waals surface area contributed by atoms with Gasteiger partial charge in [-0.2, -0.15) is 0 Å². The van der Waals surface area contributed by atoms with Gasteiger partial charge in [0, 0.05) is 35.4 Å².